The highest BCUT2D eigenvalue weighted by atomic mass is 32.2. The molecule has 8 heteroatoms. The van der Waals surface area contributed by atoms with Crippen LogP contribution >= 0.6 is 11.8 Å². The molecule has 4 nitrogen and oxygen atoms in total. The van der Waals surface area contributed by atoms with Crippen LogP contribution in [0.1, 0.15) is 18.3 Å². The van der Waals surface area contributed by atoms with Crippen molar-refractivity contribution in [3.63, 3.8) is 0 Å². The molecule has 2 aromatic rings. The number of ether oxygens (including phenoxy) is 1. The first-order valence-electron chi connectivity index (χ1n) is 5.85. The van der Waals surface area contributed by atoms with Crippen molar-refractivity contribution in [2.24, 2.45) is 0 Å². The van der Waals surface area contributed by atoms with E-state index in [4.69, 9.17) is 0 Å². The highest BCUT2D eigenvalue weighted by Gasteiger charge is 2.31. The average Bonchev–Trinajstić information content (AvgIpc) is 2.83. The number of thioether (sulfide) groups is 1. The van der Waals surface area contributed by atoms with Crippen LogP contribution < -0.4 is 4.74 Å². The first-order chi connectivity index (χ1) is 9.46. The molecule has 1 aromatic carbocycles. The highest BCUT2D eigenvalue weighted by molar-refractivity contribution is 7.98. The van der Waals surface area contributed by atoms with Gasteiger partial charge in [-0.3, -0.25) is 5.10 Å². The Morgan fingerprint density at radius 1 is 1.35 bits per heavy atom. The molecule has 1 N–H and O–H groups in total. The second kappa shape index (κ2) is 6.17. The zero-order valence-corrected chi connectivity index (χ0v) is 11.4. The van der Waals surface area contributed by atoms with Crippen LogP contribution in [0, 0.1) is 0 Å². The third-order valence-corrected chi connectivity index (χ3v) is 3.26. The third kappa shape index (κ3) is 4.44. The summed E-state index contributed by atoms with van der Waals surface area (Å²) in [5.74, 6) is 1.03. The molecule has 1 heterocycles. The Labute approximate surface area is 117 Å². The van der Waals surface area contributed by atoms with Gasteiger partial charge in [-0.1, -0.05) is 30.8 Å². The fourth-order valence-corrected chi connectivity index (χ4v) is 2.24. The molecule has 0 saturated carbocycles. The van der Waals surface area contributed by atoms with Gasteiger partial charge in [-0.05, 0) is 17.7 Å². The number of aromatic amines is 1. The minimum atomic E-state index is -4.68. The zero-order valence-electron chi connectivity index (χ0n) is 10.6. The van der Waals surface area contributed by atoms with E-state index < -0.39 is 6.36 Å². The van der Waals surface area contributed by atoms with E-state index in [0.29, 0.717) is 16.5 Å². The number of H-pyrrole nitrogens is 1. The summed E-state index contributed by atoms with van der Waals surface area (Å²) >= 11 is 1.35. The van der Waals surface area contributed by atoms with Gasteiger partial charge in [-0.2, -0.15) is 0 Å². The quantitative estimate of drug-likeness (QED) is 0.858. The SMILES string of the molecule is CCc1nc(SCc2cccc(OC(F)(F)F)c2)n[nH]1. The second-order valence-corrected chi connectivity index (χ2v) is 4.84. The number of alkyl halides is 3. The van der Waals surface area contributed by atoms with Crippen molar-refractivity contribution >= 4 is 11.8 Å². The predicted octanol–water partition coefficient (Wildman–Crippen LogP) is 3.56. The molecule has 1 aromatic heterocycles. The first-order valence-corrected chi connectivity index (χ1v) is 6.83. The molecular weight excluding hydrogens is 291 g/mol. The van der Waals surface area contributed by atoms with Crippen molar-refractivity contribution in [2.75, 3.05) is 0 Å². The molecule has 0 fully saturated rings. The lowest BCUT2D eigenvalue weighted by molar-refractivity contribution is -0.274. The van der Waals surface area contributed by atoms with Crippen LogP contribution in [0.15, 0.2) is 29.4 Å². The molecule has 2 rings (SSSR count). The van der Waals surface area contributed by atoms with Crippen molar-refractivity contribution in [1.29, 1.82) is 0 Å². The summed E-state index contributed by atoms with van der Waals surface area (Å²) in [6.07, 6.45) is -3.92. The number of rotatable bonds is 5. The molecule has 0 radical (unpaired) electrons. The Kier molecular flexibility index (Phi) is 4.53. The van der Waals surface area contributed by atoms with Crippen molar-refractivity contribution in [2.45, 2.75) is 30.6 Å². The van der Waals surface area contributed by atoms with Gasteiger partial charge in [0.1, 0.15) is 11.6 Å². The topological polar surface area (TPSA) is 50.8 Å². The molecule has 0 saturated heterocycles. The minimum absolute atomic E-state index is 0.222. The van der Waals surface area contributed by atoms with Gasteiger partial charge in [-0.15, -0.1) is 18.3 Å². The van der Waals surface area contributed by atoms with Gasteiger partial charge >= 0.3 is 6.36 Å². The first kappa shape index (κ1) is 14.7. The molecular formula is C12H12F3N3OS. The van der Waals surface area contributed by atoms with E-state index in [-0.39, 0.29) is 5.75 Å². The average molecular weight is 303 g/mol. The molecule has 20 heavy (non-hydrogen) atoms. The lowest BCUT2D eigenvalue weighted by atomic mass is 10.2. The fourth-order valence-electron chi connectivity index (χ4n) is 1.48. The van der Waals surface area contributed by atoms with E-state index in [0.717, 1.165) is 12.2 Å². The van der Waals surface area contributed by atoms with Crippen LogP contribution in [0.3, 0.4) is 0 Å². The van der Waals surface area contributed by atoms with Gasteiger partial charge in [0.05, 0.1) is 0 Å². The Hall–Kier alpha value is -1.70. The number of aromatic nitrogens is 3. The maximum Gasteiger partial charge on any atom is 0.573 e. The molecule has 0 atom stereocenters. The number of nitrogens with one attached hydrogen (secondary N) is 1. The van der Waals surface area contributed by atoms with Crippen molar-refractivity contribution in [3.05, 3.63) is 35.7 Å². The molecule has 0 spiro atoms. The Balaban J connectivity index is 1.97. The van der Waals surface area contributed by atoms with Gasteiger partial charge in [0, 0.05) is 12.2 Å². The summed E-state index contributed by atoms with van der Waals surface area (Å²) in [4.78, 5) is 4.21. The maximum atomic E-state index is 12.1. The fraction of sp³-hybridized carbons (Fsp3) is 0.333. The smallest absolute Gasteiger partial charge is 0.406 e. The largest absolute Gasteiger partial charge is 0.573 e. The zero-order chi connectivity index (χ0) is 14.6. The van der Waals surface area contributed by atoms with E-state index in [1.807, 2.05) is 6.92 Å². The van der Waals surface area contributed by atoms with Crippen molar-refractivity contribution in [3.8, 4) is 5.75 Å². The maximum absolute atomic E-state index is 12.1. The summed E-state index contributed by atoms with van der Waals surface area (Å²) in [7, 11) is 0. The number of halogens is 3. The molecule has 0 aliphatic carbocycles. The predicted molar refractivity (Wildman–Crippen MR) is 68.4 cm³/mol. The van der Waals surface area contributed by atoms with Crippen LogP contribution in [-0.2, 0) is 12.2 Å². The minimum Gasteiger partial charge on any atom is -0.406 e. The monoisotopic (exact) mass is 303 g/mol. The third-order valence-electron chi connectivity index (χ3n) is 2.35. The van der Waals surface area contributed by atoms with Gasteiger partial charge in [0.25, 0.3) is 0 Å². The van der Waals surface area contributed by atoms with Crippen LogP contribution in [-0.4, -0.2) is 21.5 Å². The number of hydrogen-bond acceptors (Lipinski definition) is 4. The van der Waals surface area contributed by atoms with Gasteiger partial charge in [-0.25, -0.2) is 4.98 Å². The van der Waals surface area contributed by atoms with E-state index in [2.05, 4.69) is 19.9 Å². The number of benzene rings is 1. The van der Waals surface area contributed by atoms with Gasteiger partial charge in [0.15, 0.2) is 0 Å². The number of aryl methyl sites for hydroxylation is 1. The van der Waals surface area contributed by atoms with Crippen LogP contribution in [0.25, 0.3) is 0 Å². The molecule has 108 valence electrons. The van der Waals surface area contributed by atoms with Crippen LogP contribution in [0.4, 0.5) is 13.2 Å². The second-order valence-electron chi connectivity index (χ2n) is 3.90. The van der Waals surface area contributed by atoms with E-state index in [9.17, 15) is 13.2 Å². The summed E-state index contributed by atoms with van der Waals surface area (Å²) in [6.45, 7) is 1.95. The Morgan fingerprint density at radius 2 is 2.15 bits per heavy atom. The Morgan fingerprint density at radius 3 is 2.80 bits per heavy atom. The van der Waals surface area contributed by atoms with E-state index >= 15 is 0 Å². The molecule has 0 aliphatic heterocycles. The van der Waals surface area contributed by atoms with Crippen LogP contribution in [0.2, 0.25) is 0 Å². The Bertz CT molecular complexity index is 571. The standard InChI is InChI=1S/C12H12F3N3OS/c1-2-10-16-11(18-17-10)20-7-8-4-3-5-9(6-8)19-12(13,14)15/h3-6H,2,7H2,1H3,(H,16,17,18). The lowest BCUT2D eigenvalue weighted by Gasteiger charge is -2.09. The number of hydrogen-bond donors (Lipinski definition) is 1. The van der Waals surface area contributed by atoms with Gasteiger partial charge in [0.2, 0.25) is 5.16 Å². The lowest BCUT2D eigenvalue weighted by Crippen LogP contribution is -2.17. The molecule has 0 amide bonds. The van der Waals surface area contributed by atoms with Crippen LogP contribution in [0.5, 0.6) is 5.75 Å². The summed E-state index contributed by atoms with van der Waals surface area (Å²) in [5.41, 5.74) is 0.708. The highest BCUT2D eigenvalue weighted by Crippen LogP contribution is 2.26. The summed E-state index contributed by atoms with van der Waals surface area (Å²) in [6, 6.07) is 5.87. The molecule has 0 aliphatic rings. The normalized spacial score (nSPS) is 11.6. The summed E-state index contributed by atoms with van der Waals surface area (Å²) in [5, 5.41) is 7.35. The summed E-state index contributed by atoms with van der Waals surface area (Å²) < 4.78 is 40.2. The van der Waals surface area contributed by atoms with E-state index in [1.54, 1.807) is 6.07 Å². The van der Waals surface area contributed by atoms with Crippen molar-refractivity contribution < 1.29 is 17.9 Å². The molecule has 0 unspecified atom stereocenters. The van der Waals surface area contributed by atoms with Gasteiger partial charge < -0.3 is 4.74 Å². The number of nitrogens with zero attached hydrogens (tertiary/aromatic N) is 2. The van der Waals surface area contributed by atoms with Crippen molar-refractivity contribution in [1.82, 2.24) is 15.2 Å². The molecule has 0 bridgehead atoms. The van der Waals surface area contributed by atoms with E-state index in [1.165, 1.54) is 30.0 Å².